The predicted octanol–water partition coefficient (Wildman–Crippen LogP) is 3.67. The molecule has 0 unspecified atom stereocenters. The highest BCUT2D eigenvalue weighted by Crippen LogP contribution is 2.34. The van der Waals surface area contributed by atoms with E-state index in [0.717, 1.165) is 0 Å². The molecule has 2 nitrogen and oxygen atoms in total. The number of fused-ring (bicyclic) bond motifs is 1. The third-order valence-electron chi connectivity index (χ3n) is 3.98. The van der Waals surface area contributed by atoms with E-state index in [4.69, 9.17) is 9.47 Å². The number of rotatable bonds is 3. The molecule has 0 bridgehead atoms. The average Bonchev–Trinajstić information content (AvgIpc) is 2.46. The van der Waals surface area contributed by atoms with Gasteiger partial charge in [-0.3, -0.25) is 0 Å². The highest BCUT2D eigenvalue weighted by Gasteiger charge is 2.34. The number of hydrogen-bond donors (Lipinski definition) is 0. The maximum absolute atomic E-state index is 6.07. The van der Waals surface area contributed by atoms with Crippen molar-refractivity contribution in [2.45, 2.75) is 44.5 Å². The Morgan fingerprint density at radius 3 is 2.83 bits per heavy atom. The Kier molecular flexibility index (Phi) is 3.65. The topological polar surface area (TPSA) is 18.5 Å². The van der Waals surface area contributed by atoms with E-state index in [1.54, 1.807) is 0 Å². The van der Waals surface area contributed by atoms with Crippen molar-refractivity contribution in [3.8, 4) is 0 Å². The molecule has 0 saturated heterocycles. The molecule has 1 aromatic carbocycles. The minimum Gasteiger partial charge on any atom is -0.498 e. The summed E-state index contributed by atoms with van der Waals surface area (Å²) in [6, 6.07) is 10.4. The summed E-state index contributed by atoms with van der Waals surface area (Å²) in [5.74, 6) is 0.549. The zero-order chi connectivity index (χ0) is 12.2. The SMILES string of the molecule is C1=C[C@@H](OCc2ccccc2)[C@@H]2CCCC[C@@H]2O1. The van der Waals surface area contributed by atoms with Crippen molar-refractivity contribution in [1.82, 2.24) is 0 Å². The molecular formula is C16H20O2. The van der Waals surface area contributed by atoms with Gasteiger partial charge >= 0.3 is 0 Å². The summed E-state index contributed by atoms with van der Waals surface area (Å²) in [5, 5.41) is 0. The van der Waals surface area contributed by atoms with Crippen LogP contribution in [-0.2, 0) is 16.1 Å². The van der Waals surface area contributed by atoms with Crippen LogP contribution in [0, 0.1) is 5.92 Å². The Bertz CT molecular complexity index is 399. The molecule has 1 aliphatic carbocycles. The summed E-state index contributed by atoms with van der Waals surface area (Å²) in [5.41, 5.74) is 1.24. The molecule has 1 heterocycles. The molecule has 3 rings (SSSR count). The second kappa shape index (κ2) is 5.57. The minimum atomic E-state index is 0.226. The Morgan fingerprint density at radius 1 is 1.11 bits per heavy atom. The predicted molar refractivity (Wildman–Crippen MR) is 71.0 cm³/mol. The molecule has 0 amide bonds. The number of hydrogen-bond acceptors (Lipinski definition) is 2. The van der Waals surface area contributed by atoms with Crippen molar-refractivity contribution in [3.63, 3.8) is 0 Å². The van der Waals surface area contributed by atoms with Crippen LogP contribution in [-0.4, -0.2) is 12.2 Å². The van der Waals surface area contributed by atoms with Gasteiger partial charge in [0.05, 0.1) is 19.0 Å². The van der Waals surface area contributed by atoms with Crippen LogP contribution in [0.3, 0.4) is 0 Å². The fourth-order valence-corrected chi connectivity index (χ4v) is 2.98. The van der Waals surface area contributed by atoms with Gasteiger partial charge in [0.15, 0.2) is 0 Å². The normalized spacial score (nSPS) is 30.6. The van der Waals surface area contributed by atoms with Crippen LogP contribution < -0.4 is 0 Å². The molecule has 1 saturated carbocycles. The number of ether oxygens (including phenoxy) is 2. The zero-order valence-corrected chi connectivity index (χ0v) is 10.6. The lowest BCUT2D eigenvalue weighted by Crippen LogP contribution is -2.38. The molecule has 3 atom stereocenters. The van der Waals surface area contributed by atoms with Crippen LogP contribution in [0.1, 0.15) is 31.2 Å². The molecule has 0 spiro atoms. The van der Waals surface area contributed by atoms with Gasteiger partial charge in [0, 0.05) is 5.92 Å². The highest BCUT2D eigenvalue weighted by molar-refractivity contribution is 5.13. The van der Waals surface area contributed by atoms with Gasteiger partial charge in [-0.1, -0.05) is 36.8 Å². The van der Waals surface area contributed by atoms with Crippen LogP contribution in [0.2, 0.25) is 0 Å². The maximum atomic E-state index is 6.07. The second-order valence-electron chi connectivity index (χ2n) is 5.21. The van der Waals surface area contributed by atoms with E-state index in [-0.39, 0.29) is 6.10 Å². The van der Waals surface area contributed by atoms with Crippen LogP contribution in [0.25, 0.3) is 0 Å². The molecule has 0 aromatic heterocycles. The Morgan fingerprint density at radius 2 is 1.94 bits per heavy atom. The standard InChI is InChI=1S/C16H20O2/c1-2-6-13(7-3-1)12-18-16-10-11-17-15-9-5-4-8-14(15)16/h1-3,6-7,10-11,14-16H,4-5,8-9,12H2/t14-,15+,16-/m1/s1. The van der Waals surface area contributed by atoms with Gasteiger partial charge in [0.1, 0.15) is 6.10 Å². The van der Waals surface area contributed by atoms with Crippen molar-refractivity contribution in [1.29, 1.82) is 0 Å². The quantitative estimate of drug-likeness (QED) is 0.807. The van der Waals surface area contributed by atoms with E-state index in [1.165, 1.54) is 31.2 Å². The van der Waals surface area contributed by atoms with Gasteiger partial charge in [-0.25, -0.2) is 0 Å². The lowest BCUT2D eigenvalue weighted by atomic mass is 9.81. The number of benzene rings is 1. The summed E-state index contributed by atoms with van der Waals surface area (Å²) in [4.78, 5) is 0. The molecule has 2 heteroatoms. The molecule has 96 valence electrons. The van der Waals surface area contributed by atoms with Gasteiger partial charge in [0.2, 0.25) is 0 Å². The molecule has 18 heavy (non-hydrogen) atoms. The average molecular weight is 244 g/mol. The van der Waals surface area contributed by atoms with Gasteiger partial charge in [-0.15, -0.1) is 0 Å². The van der Waals surface area contributed by atoms with E-state index in [0.29, 0.717) is 18.6 Å². The smallest absolute Gasteiger partial charge is 0.103 e. The minimum absolute atomic E-state index is 0.226. The summed E-state index contributed by atoms with van der Waals surface area (Å²) < 4.78 is 11.8. The Labute approximate surface area is 109 Å². The lowest BCUT2D eigenvalue weighted by Gasteiger charge is -2.37. The van der Waals surface area contributed by atoms with Crippen molar-refractivity contribution >= 4 is 0 Å². The fourth-order valence-electron chi connectivity index (χ4n) is 2.98. The second-order valence-corrected chi connectivity index (χ2v) is 5.21. The van der Waals surface area contributed by atoms with E-state index in [2.05, 4.69) is 30.3 Å². The molecular weight excluding hydrogens is 224 g/mol. The highest BCUT2D eigenvalue weighted by atomic mass is 16.5. The van der Waals surface area contributed by atoms with Gasteiger partial charge in [-0.05, 0) is 30.9 Å². The lowest BCUT2D eigenvalue weighted by molar-refractivity contribution is -0.0592. The van der Waals surface area contributed by atoms with Crippen LogP contribution >= 0.6 is 0 Å². The fraction of sp³-hybridized carbons (Fsp3) is 0.500. The van der Waals surface area contributed by atoms with Crippen LogP contribution in [0.5, 0.6) is 0 Å². The Hall–Kier alpha value is -1.28. The van der Waals surface area contributed by atoms with Gasteiger partial charge < -0.3 is 9.47 Å². The summed E-state index contributed by atoms with van der Waals surface area (Å²) in [6.07, 6.45) is 9.53. The van der Waals surface area contributed by atoms with Gasteiger partial charge in [-0.2, -0.15) is 0 Å². The summed E-state index contributed by atoms with van der Waals surface area (Å²) in [7, 11) is 0. The third kappa shape index (κ3) is 2.59. The first-order valence-corrected chi connectivity index (χ1v) is 6.91. The molecule has 1 fully saturated rings. The van der Waals surface area contributed by atoms with Crippen molar-refractivity contribution < 1.29 is 9.47 Å². The summed E-state index contributed by atoms with van der Waals surface area (Å²) in [6.45, 7) is 0.694. The maximum Gasteiger partial charge on any atom is 0.103 e. The third-order valence-corrected chi connectivity index (χ3v) is 3.98. The Balaban J connectivity index is 1.61. The van der Waals surface area contributed by atoms with E-state index < -0.39 is 0 Å². The van der Waals surface area contributed by atoms with Crippen LogP contribution in [0.4, 0.5) is 0 Å². The van der Waals surface area contributed by atoms with Gasteiger partial charge in [0.25, 0.3) is 0 Å². The van der Waals surface area contributed by atoms with Crippen molar-refractivity contribution in [2.75, 3.05) is 0 Å². The largest absolute Gasteiger partial charge is 0.498 e. The first-order chi connectivity index (χ1) is 8.93. The molecule has 2 aliphatic rings. The molecule has 1 aliphatic heterocycles. The van der Waals surface area contributed by atoms with Crippen LogP contribution in [0.15, 0.2) is 42.7 Å². The summed E-state index contributed by atoms with van der Waals surface area (Å²) >= 11 is 0. The molecule has 1 aromatic rings. The van der Waals surface area contributed by atoms with E-state index >= 15 is 0 Å². The molecule has 0 radical (unpaired) electrons. The van der Waals surface area contributed by atoms with Crippen molar-refractivity contribution in [2.24, 2.45) is 5.92 Å². The van der Waals surface area contributed by atoms with E-state index in [9.17, 15) is 0 Å². The monoisotopic (exact) mass is 244 g/mol. The molecule has 0 N–H and O–H groups in total. The first kappa shape index (κ1) is 11.8. The van der Waals surface area contributed by atoms with E-state index in [1.807, 2.05) is 12.3 Å². The zero-order valence-electron chi connectivity index (χ0n) is 10.6. The van der Waals surface area contributed by atoms with Crippen molar-refractivity contribution in [3.05, 3.63) is 48.2 Å². The first-order valence-electron chi connectivity index (χ1n) is 6.91.